The van der Waals surface area contributed by atoms with Crippen LogP contribution in [-0.4, -0.2) is 27.6 Å². The second-order valence-electron chi connectivity index (χ2n) is 4.73. The predicted molar refractivity (Wildman–Crippen MR) is 76.1 cm³/mol. The normalized spacial score (nSPS) is 19.6. The van der Waals surface area contributed by atoms with Gasteiger partial charge >= 0.3 is 5.56 Å². The van der Waals surface area contributed by atoms with Crippen LogP contribution in [0.3, 0.4) is 0 Å². The van der Waals surface area contributed by atoms with Crippen LogP contribution in [0.1, 0.15) is 38.1 Å². The van der Waals surface area contributed by atoms with Gasteiger partial charge in [0.15, 0.2) is 17.3 Å². The summed E-state index contributed by atoms with van der Waals surface area (Å²) < 4.78 is 13.1. The van der Waals surface area contributed by atoms with Gasteiger partial charge in [0.1, 0.15) is 5.69 Å². The standard InChI is InChI=1S/C13H17N3O3S/c1-3-8-11-10(12(17)14-13(19-11)20-2)16(15-8)9-6-4-5-7-18-9/h9H,3-7H2,1-2H3. The average Bonchev–Trinajstić information content (AvgIpc) is 2.87. The van der Waals surface area contributed by atoms with E-state index in [1.54, 1.807) is 4.68 Å². The Hall–Kier alpha value is -1.34. The second kappa shape index (κ2) is 5.57. The largest absolute Gasteiger partial charge is 0.429 e. The zero-order valence-corrected chi connectivity index (χ0v) is 12.4. The number of rotatable bonds is 3. The molecule has 0 saturated carbocycles. The molecule has 1 atom stereocenters. The summed E-state index contributed by atoms with van der Waals surface area (Å²) in [5, 5.41) is 4.89. The molecule has 2 aromatic heterocycles. The van der Waals surface area contributed by atoms with Crippen LogP contribution in [0.25, 0.3) is 11.1 Å². The van der Waals surface area contributed by atoms with Crippen LogP contribution in [0.4, 0.5) is 0 Å². The van der Waals surface area contributed by atoms with Gasteiger partial charge in [0.25, 0.3) is 5.22 Å². The summed E-state index contributed by atoms with van der Waals surface area (Å²) in [5.74, 6) is 0. The molecule has 0 spiro atoms. The van der Waals surface area contributed by atoms with Crippen LogP contribution < -0.4 is 5.56 Å². The smallest absolute Gasteiger partial charge is 0.302 e. The first-order chi connectivity index (χ1) is 9.74. The number of hydrogen-bond donors (Lipinski definition) is 0. The molecule has 7 heteroatoms. The number of fused-ring (bicyclic) bond motifs is 1. The number of thioether (sulfide) groups is 1. The third kappa shape index (κ3) is 2.25. The summed E-state index contributed by atoms with van der Waals surface area (Å²) in [7, 11) is 0. The van der Waals surface area contributed by atoms with Gasteiger partial charge in [0.2, 0.25) is 0 Å². The highest BCUT2D eigenvalue weighted by Crippen LogP contribution is 2.27. The third-order valence-electron chi connectivity index (χ3n) is 3.46. The van der Waals surface area contributed by atoms with Crippen molar-refractivity contribution in [2.24, 2.45) is 0 Å². The SMILES string of the molecule is CCc1nn(C2CCCCO2)c2c(=O)nc(SC)oc12. The van der Waals surface area contributed by atoms with Gasteiger partial charge in [-0.05, 0) is 31.9 Å². The number of aromatic nitrogens is 3. The van der Waals surface area contributed by atoms with Crippen molar-refractivity contribution in [2.75, 3.05) is 12.9 Å². The summed E-state index contributed by atoms with van der Waals surface area (Å²) in [6, 6.07) is 0. The van der Waals surface area contributed by atoms with Gasteiger partial charge < -0.3 is 9.15 Å². The number of ether oxygens (including phenoxy) is 1. The van der Waals surface area contributed by atoms with E-state index in [2.05, 4.69) is 10.1 Å². The molecule has 0 N–H and O–H groups in total. The van der Waals surface area contributed by atoms with Crippen molar-refractivity contribution in [3.8, 4) is 0 Å². The summed E-state index contributed by atoms with van der Waals surface area (Å²) >= 11 is 1.32. The van der Waals surface area contributed by atoms with Crippen LogP contribution >= 0.6 is 11.8 Å². The second-order valence-corrected chi connectivity index (χ2v) is 5.49. The molecule has 3 heterocycles. The minimum Gasteiger partial charge on any atom is -0.429 e. The zero-order valence-electron chi connectivity index (χ0n) is 11.6. The molecule has 0 aromatic carbocycles. The summed E-state index contributed by atoms with van der Waals surface area (Å²) in [6.45, 7) is 2.70. The Labute approximate surface area is 120 Å². The van der Waals surface area contributed by atoms with E-state index in [-0.39, 0.29) is 11.8 Å². The van der Waals surface area contributed by atoms with Crippen LogP contribution in [0.2, 0.25) is 0 Å². The molecule has 108 valence electrons. The highest BCUT2D eigenvalue weighted by molar-refractivity contribution is 7.98. The molecule has 20 heavy (non-hydrogen) atoms. The highest BCUT2D eigenvalue weighted by atomic mass is 32.2. The quantitative estimate of drug-likeness (QED) is 0.810. The van der Waals surface area contributed by atoms with Crippen LogP contribution in [0, 0.1) is 0 Å². The van der Waals surface area contributed by atoms with Gasteiger partial charge in [-0.2, -0.15) is 10.1 Å². The average molecular weight is 295 g/mol. The number of aryl methyl sites for hydroxylation is 1. The molecule has 0 amide bonds. The Balaban J connectivity index is 2.19. The van der Waals surface area contributed by atoms with E-state index in [4.69, 9.17) is 9.15 Å². The number of nitrogens with zero attached hydrogens (tertiary/aromatic N) is 3. The predicted octanol–water partition coefficient (Wildman–Crippen LogP) is 2.37. The topological polar surface area (TPSA) is 70.2 Å². The maximum atomic E-state index is 12.3. The maximum absolute atomic E-state index is 12.3. The minimum absolute atomic E-state index is 0.184. The van der Waals surface area contributed by atoms with E-state index in [9.17, 15) is 4.79 Å². The first-order valence-electron chi connectivity index (χ1n) is 6.82. The Morgan fingerprint density at radius 3 is 2.95 bits per heavy atom. The molecule has 3 rings (SSSR count). The van der Waals surface area contributed by atoms with Gasteiger partial charge in [-0.25, -0.2) is 4.68 Å². The van der Waals surface area contributed by atoms with Crippen molar-refractivity contribution in [3.63, 3.8) is 0 Å². The van der Waals surface area contributed by atoms with Gasteiger partial charge in [-0.1, -0.05) is 18.7 Å². The molecule has 1 saturated heterocycles. The molecular formula is C13H17N3O3S. The fraction of sp³-hybridized carbons (Fsp3) is 0.615. The van der Waals surface area contributed by atoms with Crippen LogP contribution in [-0.2, 0) is 11.2 Å². The van der Waals surface area contributed by atoms with Gasteiger partial charge in [0.05, 0.1) is 0 Å². The monoisotopic (exact) mass is 295 g/mol. The fourth-order valence-corrected chi connectivity index (χ4v) is 2.80. The summed E-state index contributed by atoms with van der Waals surface area (Å²) in [4.78, 5) is 16.2. The first-order valence-corrected chi connectivity index (χ1v) is 8.05. The van der Waals surface area contributed by atoms with Crippen molar-refractivity contribution in [1.29, 1.82) is 0 Å². The fourth-order valence-electron chi connectivity index (χ4n) is 2.46. The van der Waals surface area contributed by atoms with E-state index in [1.165, 1.54) is 11.8 Å². The van der Waals surface area contributed by atoms with Crippen LogP contribution in [0.5, 0.6) is 0 Å². The lowest BCUT2D eigenvalue weighted by Crippen LogP contribution is -2.22. The van der Waals surface area contributed by atoms with E-state index >= 15 is 0 Å². The lowest BCUT2D eigenvalue weighted by atomic mass is 10.2. The van der Waals surface area contributed by atoms with Gasteiger partial charge in [-0.15, -0.1) is 0 Å². The molecule has 1 fully saturated rings. The lowest BCUT2D eigenvalue weighted by molar-refractivity contribution is -0.0370. The molecule has 1 unspecified atom stereocenters. The van der Waals surface area contributed by atoms with E-state index < -0.39 is 0 Å². The molecule has 1 aliphatic rings. The van der Waals surface area contributed by atoms with Crippen LogP contribution in [0.15, 0.2) is 14.4 Å². The Bertz CT molecular complexity index is 673. The molecule has 2 aromatic rings. The molecule has 0 bridgehead atoms. The maximum Gasteiger partial charge on any atom is 0.302 e. The zero-order chi connectivity index (χ0) is 14.1. The van der Waals surface area contributed by atoms with Crippen molar-refractivity contribution < 1.29 is 9.15 Å². The van der Waals surface area contributed by atoms with E-state index in [0.717, 1.165) is 25.0 Å². The summed E-state index contributed by atoms with van der Waals surface area (Å²) in [5.41, 5.74) is 1.46. The molecule has 1 aliphatic heterocycles. The third-order valence-corrected chi connectivity index (χ3v) is 3.98. The van der Waals surface area contributed by atoms with Crippen molar-refractivity contribution in [1.82, 2.24) is 14.8 Å². The molecular weight excluding hydrogens is 278 g/mol. The molecule has 0 aliphatic carbocycles. The Kier molecular flexibility index (Phi) is 3.80. The van der Waals surface area contributed by atoms with Gasteiger partial charge in [0, 0.05) is 6.61 Å². The first kappa shape index (κ1) is 13.6. The Morgan fingerprint density at radius 1 is 1.45 bits per heavy atom. The molecule has 0 radical (unpaired) electrons. The van der Waals surface area contributed by atoms with E-state index in [0.29, 0.717) is 29.4 Å². The number of hydrogen-bond acceptors (Lipinski definition) is 6. The van der Waals surface area contributed by atoms with Crippen molar-refractivity contribution in [2.45, 2.75) is 44.1 Å². The minimum atomic E-state index is -0.294. The molecule has 6 nitrogen and oxygen atoms in total. The van der Waals surface area contributed by atoms with Crippen molar-refractivity contribution >= 4 is 22.9 Å². The highest BCUT2D eigenvalue weighted by Gasteiger charge is 2.24. The van der Waals surface area contributed by atoms with Crippen molar-refractivity contribution in [3.05, 3.63) is 16.0 Å². The lowest BCUT2D eigenvalue weighted by Gasteiger charge is -2.22. The Morgan fingerprint density at radius 2 is 2.30 bits per heavy atom. The van der Waals surface area contributed by atoms with E-state index in [1.807, 2.05) is 13.2 Å². The summed E-state index contributed by atoms with van der Waals surface area (Å²) in [6.07, 6.45) is 5.35. The van der Waals surface area contributed by atoms with Gasteiger partial charge in [-0.3, -0.25) is 4.79 Å².